The average Bonchev–Trinajstić information content (AvgIpc) is 3.36. The van der Waals surface area contributed by atoms with Gasteiger partial charge in [0.1, 0.15) is 5.82 Å². The number of anilines is 1. The van der Waals surface area contributed by atoms with Crippen LogP contribution >= 0.6 is 0 Å². The molecule has 3 aromatic carbocycles. The van der Waals surface area contributed by atoms with E-state index >= 15 is 0 Å². The molecule has 0 aliphatic heterocycles. The van der Waals surface area contributed by atoms with E-state index in [0.717, 1.165) is 27.7 Å². The van der Waals surface area contributed by atoms with E-state index in [0.29, 0.717) is 29.7 Å². The quantitative estimate of drug-likeness (QED) is 0.534. The van der Waals surface area contributed by atoms with Crippen molar-refractivity contribution < 1.29 is 14.0 Å². The molecule has 1 aliphatic rings. The highest BCUT2D eigenvalue weighted by molar-refractivity contribution is 6.13. The molecule has 2 N–H and O–H groups in total. The predicted molar refractivity (Wildman–Crippen MR) is 109 cm³/mol. The van der Waals surface area contributed by atoms with Crippen molar-refractivity contribution in [3.63, 3.8) is 0 Å². The molecule has 5 rings (SSSR count). The first kappa shape index (κ1) is 17.3. The molecule has 0 radical (unpaired) electrons. The molecule has 29 heavy (non-hydrogen) atoms. The van der Waals surface area contributed by atoms with Crippen molar-refractivity contribution in [2.45, 2.75) is 12.8 Å². The highest BCUT2D eigenvalue weighted by Crippen LogP contribution is 2.39. The standard InChI is InChI=1S/C23H16FN3O2/c24-14-6-4-13(5-7-14)23(29)27-18-10-8-15(16-9-11-20(28)21(16)18)17-2-1-3-19-22(17)26-12-25-19/h1-8,10,12H,9,11H2,(H,25,26)(H,27,29). The van der Waals surface area contributed by atoms with E-state index in [1.54, 1.807) is 12.4 Å². The smallest absolute Gasteiger partial charge is 0.255 e. The number of carbonyl (C=O) groups is 2. The highest BCUT2D eigenvalue weighted by atomic mass is 19.1. The fraction of sp³-hybridized carbons (Fsp3) is 0.0870. The lowest BCUT2D eigenvalue weighted by Crippen LogP contribution is -2.14. The van der Waals surface area contributed by atoms with Gasteiger partial charge in [0.05, 0.1) is 23.0 Å². The van der Waals surface area contributed by atoms with Crippen LogP contribution in [-0.2, 0) is 6.42 Å². The Bertz CT molecular complexity index is 1280. The van der Waals surface area contributed by atoms with Gasteiger partial charge in [-0.2, -0.15) is 0 Å². The summed E-state index contributed by atoms with van der Waals surface area (Å²) in [5.41, 5.74) is 5.94. The SMILES string of the molecule is O=C(Nc1ccc(-c2cccc3[nH]cnc23)c2c1C(=O)CC2)c1ccc(F)cc1. The minimum atomic E-state index is -0.408. The molecule has 1 heterocycles. The lowest BCUT2D eigenvalue weighted by Gasteiger charge is -2.14. The Morgan fingerprint density at radius 3 is 2.66 bits per heavy atom. The van der Waals surface area contributed by atoms with Crippen LogP contribution < -0.4 is 5.32 Å². The summed E-state index contributed by atoms with van der Waals surface area (Å²) in [6.07, 6.45) is 2.67. The Balaban J connectivity index is 1.58. The first-order valence-electron chi connectivity index (χ1n) is 9.30. The number of H-pyrrole nitrogens is 1. The molecule has 0 atom stereocenters. The molecule has 0 bridgehead atoms. The zero-order chi connectivity index (χ0) is 20.0. The van der Waals surface area contributed by atoms with E-state index in [2.05, 4.69) is 15.3 Å². The summed E-state index contributed by atoms with van der Waals surface area (Å²) in [7, 11) is 0. The minimum absolute atomic E-state index is 0.00505. The Labute approximate surface area is 165 Å². The first-order valence-corrected chi connectivity index (χ1v) is 9.30. The number of Topliss-reactive ketones (excluding diaryl/α,β-unsaturated/α-hetero) is 1. The molecule has 1 aliphatic carbocycles. The zero-order valence-corrected chi connectivity index (χ0v) is 15.3. The number of amides is 1. The van der Waals surface area contributed by atoms with Crippen LogP contribution in [0, 0.1) is 5.82 Å². The third kappa shape index (κ3) is 2.89. The van der Waals surface area contributed by atoms with Crippen LogP contribution in [0.4, 0.5) is 10.1 Å². The number of hydrogen-bond acceptors (Lipinski definition) is 3. The number of hydrogen-bond donors (Lipinski definition) is 2. The predicted octanol–water partition coefficient (Wildman–Crippen LogP) is 4.75. The summed E-state index contributed by atoms with van der Waals surface area (Å²) in [6, 6.07) is 14.9. The zero-order valence-electron chi connectivity index (χ0n) is 15.3. The van der Waals surface area contributed by atoms with Crippen molar-refractivity contribution >= 4 is 28.4 Å². The molecule has 0 unspecified atom stereocenters. The molecule has 0 saturated heterocycles. The van der Waals surface area contributed by atoms with E-state index in [-0.39, 0.29) is 11.7 Å². The lowest BCUT2D eigenvalue weighted by atomic mass is 9.94. The molecule has 142 valence electrons. The van der Waals surface area contributed by atoms with Gasteiger partial charge in [-0.25, -0.2) is 9.37 Å². The highest BCUT2D eigenvalue weighted by Gasteiger charge is 2.27. The number of aromatic amines is 1. The number of fused-ring (bicyclic) bond motifs is 2. The van der Waals surface area contributed by atoms with Gasteiger partial charge in [0.2, 0.25) is 0 Å². The van der Waals surface area contributed by atoms with Gasteiger partial charge in [0, 0.05) is 23.1 Å². The first-order chi connectivity index (χ1) is 14.1. The number of para-hydroxylation sites is 1. The van der Waals surface area contributed by atoms with Crippen LogP contribution in [-0.4, -0.2) is 21.7 Å². The monoisotopic (exact) mass is 385 g/mol. The Kier molecular flexibility index (Phi) is 3.98. The number of rotatable bonds is 3. The minimum Gasteiger partial charge on any atom is -0.345 e. The van der Waals surface area contributed by atoms with Crippen molar-refractivity contribution in [3.05, 3.63) is 83.4 Å². The number of carbonyl (C=O) groups excluding carboxylic acids is 2. The summed E-state index contributed by atoms with van der Waals surface area (Å²) in [4.78, 5) is 32.7. The summed E-state index contributed by atoms with van der Waals surface area (Å²) < 4.78 is 13.1. The average molecular weight is 385 g/mol. The van der Waals surface area contributed by atoms with Crippen molar-refractivity contribution in [2.75, 3.05) is 5.32 Å². The lowest BCUT2D eigenvalue weighted by molar-refractivity contribution is 0.0995. The molecular formula is C23H16FN3O2. The van der Waals surface area contributed by atoms with Crippen LogP contribution in [0.1, 0.15) is 32.7 Å². The fourth-order valence-corrected chi connectivity index (χ4v) is 3.92. The van der Waals surface area contributed by atoms with Gasteiger partial charge < -0.3 is 10.3 Å². The molecule has 6 heteroatoms. The topological polar surface area (TPSA) is 74.8 Å². The number of imidazole rings is 1. The van der Waals surface area contributed by atoms with Gasteiger partial charge in [0.25, 0.3) is 5.91 Å². The summed E-state index contributed by atoms with van der Waals surface area (Å²) in [6.45, 7) is 0. The van der Waals surface area contributed by atoms with E-state index in [4.69, 9.17) is 0 Å². The van der Waals surface area contributed by atoms with Crippen molar-refractivity contribution in [2.24, 2.45) is 0 Å². The van der Waals surface area contributed by atoms with Gasteiger partial charge >= 0.3 is 0 Å². The van der Waals surface area contributed by atoms with Crippen molar-refractivity contribution in [3.8, 4) is 11.1 Å². The van der Waals surface area contributed by atoms with E-state index in [1.165, 1.54) is 24.3 Å². The largest absolute Gasteiger partial charge is 0.345 e. The van der Waals surface area contributed by atoms with Crippen LogP contribution in [0.5, 0.6) is 0 Å². The maximum Gasteiger partial charge on any atom is 0.255 e. The number of halogens is 1. The number of aromatic nitrogens is 2. The number of benzene rings is 3. The second-order valence-corrected chi connectivity index (χ2v) is 7.00. The Hall–Kier alpha value is -3.80. The van der Waals surface area contributed by atoms with E-state index in [1.807, 2.05) is 24.3 Å². The van der Waals surface area contributed by atoms with Gasteiger partial charge in [0.15, 0.2) is 5.78 Å². The number of nitrogens with zero attached hydrogens (tertiary/aromatic N) is 1. The van der Waals surface area contributed by atoms with Gasteiger partial charge in [-0.15, -0.1) is 0 Å². The Morgan fingerprint density at radius 2 is 1.83 bits per heavy atom. The van der Waals surface area contributed by atoms with Crippen molar-refractivity contribution in [1.82, 2.24) is 9.97 Å². The molecule has 5 nitrogen and oxygen atoms in total. The molecular weight excluding hydrogens is 369 g/mol. The van der Waals surface area contributed by atoms with Crippen LogP contribution in [0.3, 0.4) is 0 Å². The van der Waals surface area contributed by atoms with Gasteiger partial charge in [-0.3, -0.25) is 9.59 Å². The maximum atomic E-state index is 13.1. The van der Waals surface area contributed by atoms with E-state index < -0.39 is 5.82 Å². The van der Waals surface area contributed by atoms with Crippen LogP contribution in [0.25, 0.3) is 22.2 Å². The van der Waals surface area contributed by atoms with Gasteiger partial charge in [-0.05, 0) is 53.9 Å². The third-order valence-electron chi connectivity index (χ3n) is 5.29. The van der Waals surface area contributed by atoms with Crippen molar-refractivity contribution in [1.29, 1.82) is 0 Å². The molecule has 1 aromatic heterocycles. The Morgan fingerprint density at radius 1 is 1.00 bits per heavy atom. The van der Waals surface area contributed by atoms with Crippen LogP contribution in [0.15, 0.2) is 60.9 Å². The molecule has 0 saturated carbocycles. The molecule has 0 fully saturated rings. The maximum absolute atomic E-state index is 13.1. The second kappa shape index (κ2) is 6.67. The second-order valence-electron chi connectivity index (χ2n) is 7.00. The fourth-order valence-electron chi connectivity index (χ4n) is 3.92. The number of ketones is 1. The summed E-state index contributed by atoms with van der Waals surface area (Å²) in [5, 5.41) is 2.82. The normalized spacial score (nSPS) is 12.9. The van der Waals surface area contributed by atoms with Crippen LogP contribution in [0.2, 0.25) is 0 Å². The summed E-state index contributed by atoms with van der Waals surface area (Å²) in [5.74, 6) is -0.783. The van der Waals surface area contributed by atoms with E-state index in [9.17, 15) is 14.0 Å². The molecule has 4 aromatic rings. The molecule has 1 amide bonds. The third-order valence-corrected chi connectivity index (χ3v) is 5.29. The summed E-state index contributed by atoms with van der Waals surface area (Å²) >= 11 is 0. The number of nitrogens with one attached hydrogen (secondary N) is 2. The van der Waals surface area contributed by atoms with Gasteiger partial charge in [-0.1, -0.05) is 18.2 Å². The molecule has 0 spiro atoms.